The first-order chi connectivity index (χ1) is 12.7. The van der Waals surface area contributed by atoms with Gasteiger partial charge in [-0.05, 0) is 35.9 Å². The summed E-state index contributed by atoms with van der Waals surface area (Å²) in [5.41, 5.74) is 0.583. The Balaban J connectivity index is 1.57. The number of carbonyl (C=O) groups excluding carboxylic acids is 1. The summed E-state index contributed by atoms with van der Waals surface area (Å²) in [5, 5.41) is 6.74. The molecule has 1 unspecified atom stereocenters. The molecule has 9 heteroatoms. The third-order valence-electron chi connectivity index (χ3n) is 3.85. The average molecular weight is 375 g/mol. The lowest BCUT2D eigenvalue weighted by Gasteiger charge is -2.13. The summed E-state index contributed by atoms with van der Waals surface area (Å²) in [6.07, 6.45) is 1.17. The van der Waals surface area contributed by atoms with Gasteiger partial charge >= 0.3 is 6.09 Å². The number of para-hydroxylation sites is 1. The van der Waals surface area contributed by atoms with Crippen molar-refractivity contribution in [3.63, 3.8) is 0 Å². The van der Waals surface area contributed by atoms with E-state index in [2.05, 4.69) is 20.6 Å². The van der Waals surface area contributed by atoms with Crippen molar-refractivity contribution in [1.82, 2.24) is 15.3 Å². The molecule has 0 bridgehead atoms. The van der Waals surface area contributed by atoms with Gasteiger partial charge in [-0.1, -0.05) is 6.07 Å². The van der Waals surface area contributed by atoms with Crippen LogP contribution in [0.2, 0.25) is 5.28 Å². The highest BCUT2D eigenvalue weighted by molar-refractivity contribution is 6.29. The smallest absolute Gasteiger partial charge is 0.407 e. The average Bonchev–Trinajstić information content (AvgIpc) is 3.29. The Bertz CT molecular complexity index is 932. The molecule has 1 saturated heterocycles. The first kappa shape index (κ1) is 16.5. The Morgan fingerprint density at radius 3 is 3.00 bits per heavy atom. The number of nitrogens with one attached hydrogen (secondary N) is 2. The number of cyclic esters (lactones) is 1. The van der Waals surface area contributed by atoms with Crippen LogP contribution in [-0.2, 0) is 11.3 Å². The Hall–Kier alpha value is -3.00. The van der Waals surface area contributed by atoms with Crippen molar-refractivity contribution in [3.05, 3.63) is 47.6 Å². The van der Waals surface area contributed by atoms with Crippen LogP contribution in [0.1, 0.15) is 5.76 Å². The Morgan fingerprint density at radius 2 is 2.23 bits per heavy atom. The molecule has 8 nitrogen and oxygen atoms in total. The van der Waals surface area contributed by atoms with Gasteiger partial charge in [-0.3, -0.25) is 0 Å². The predicted molar refractivity (Wildman–Crippen MR) is 94.3 cm³/mol. The summed E-state index contributed by atoms with van der Waals surface area (Å²) < 4.78 is 16.0. The highest BCUT2D eigenvalue weighted by Gasteiger charge is 2.23. The topological polar surface area (TPSA) is 98.5 Å². The third kappa shape index (κ3) is 3.50. The second-order valence-corrected chi connectivity index (χ2v) is 6.02. The van der Waals surface area contributed by atoms with Crippen molar-refractivity contribution in [1.29, 1.82) is 0 Å². The zero-order chi connectivity index (χ0) is 17.9. The number of benzene rings is 1. The largest absolute Gasteiger partial charge is 0.489 e. The summed E-state index contributed by atoms with van der Waals surface area (Å²) in [6, 6.07) is 9.00. The van der Waals surface area contributed by atoms with E-state index < -0.39 is 6.09 Å². The number of hydrogen-bond donors (Lipinski definition) is 2. The fourth-order valence-electron chi connectivity index (χ4n) is 2.64. The first-order valence-corrected chi connectivity index (χ1v) is 8.35. The lowest BCUT2D eigenvalue weighted by atomic mass is 10.2. The number of fused-ring (bicyclic) bond motifs is 1. The van der Waals surface area contributed by atoms with E-state index >= 15 is 0 Å². The normalized spacial score (nSPS) is 16.3. The molecule has 0 aliphatic carbocycles. The summed E-state index contributed by atoms with van der Waals surface area (Å²) in [4.78, 5) is 19.6. The molecule has 134 valence electrons. The second-order valence-electron chi connectivity index (χ2n) is 5.68. The summed E-state index contributed by atoms with van der Waals surface area (Å²) >= 11 is 6.08. The molecule has 2 N–H and O–H groups in total. The van der Waals surface area contributed by atoms with Gasteiger partial charge in [0.15, 0.2) is 0 Å². The molecule has 1 atom stereocenters. The van der Waals surface area contributed by atoms with Gasteiger partial charge in [0, 0.05) is 5.39 Å². The van der Waals surface area contributed by atoms with Crippen LogP contribution >= 0.6 is 11.6 Å². The standard InChI is InChI=1S/C17H15ClN4O4/c18-16-21-14-12(15(22-16)19-7-11-3-2-6-24-11)4-1-5-13(14)25-8-10-9-26-17(23)20-10/h1-6,10H,7-9H2,(H,20,23)(H,19,21,22). The molecule has 0 spiro atoms. The Labute approximate surface area is 153 Å². The Morgan fingerprint density at radius 1 is 1.31 bits per heavy atom. The van der Waals surface area contributed by atoms with Crippen LogP contribution in [0.3, 0.4) is 0 Å². The molecule has 1 fully saturated rings. The van der Waals surface area contributed by atoms with Crippen LogP contribution in [0.5, 0.6) is 5.75 Å². The molecule has 1 amide bonds. The number of furan rings is 1. The molecule has 2 aromatic heterocycles. The molecule has 1 aliphatic rings. The molecule has 26 heavy (non-hydrogen) atoms. The van der Waals surface area contributed by atoms with E-state index in [-0.39, 0.29) is 24.5 Å². The minimum absolute atomic E-state index is 0.105. The van der Waals surface area contributed by atoms with Crippen LogP contribution in [-0.4, -0.2) is 35.3 Å². The van der Waals surface area contributed by atoms with Crippen molar-refractivity contribution in [2.24, 2.45) is 0 Å². The van der Waals surface area contributed by atoms with E-state index in [0.717, 1.165) is 11.1 Å². The predicted octanol–water partition coefficient (Wildman–Crippen LogP) is 2.98. The van der Waals surface area contributed by atoms with Crippen molar-refractivity contribution in [2.45, 2.75) is 12.6 Å². The number of rotatable bonds is 6. The molecular weight excluding hydrogens is 360 g/mol. The van der Waals surface area contributed by atoms with Gasteiger partial charge in [0.2, 0.25) is 5.28 Å². The number of nitrogens with zero attached hydrogens (tertiary/aromatic N) is 2. The van der Waals surface area contributed by atoms with Gasteiger partial charge in [-0.2, -0.15) is 0 Å². The quantitative estimate of drug-likeness (QED) is 0.640. The number of ether oxygens (including phenoxy) is 2. The molecule has 3 aromatic rings. The maximum atomic E-state index is 11.1. The number of aromatic nitrogens is 2. The molecule has 1 aromatic carbocycles. The number of carbonyl (C=O) groups is 1. The zero-order valence-corrected chi connectivity index (χ0v) is 14.3. The van der Waals surface area contributed by atoms with E-state index in [1.165, 1.54) is 0 Å². The maximum Gasteiger partial charge on any atom is 0.407 e. The molecule has 0 radical (unpaired) electrons. The van der Waals surface area contributed by atoms with Gasteiger partial charge in [-0.25, -0.2) is 14.8 Å². The Kier molecular flexibility index (Phi) is 4.49. The second kappa shape index (κ2) is 7.09. The highest BCUT2D eigenvalue weighted by atomic mass is 35.5. The lowest BCUT2D eigenvalue weighted by molar-refractivity contribution is 0.174. The molecule has 1 aliphatic heterocycles. The SMILES string of the molecule is O=C1NC(COc2cccc3c(NCc4ccco4)nc(Cl)nc23)CO1. The minimum atomic E-state index is -0.439. The number of halogens is 1. The number of anilines is 1. The van der Waals surface area contributed by atoms with Crippen molar-refractivity contribution >= 4 is 34.4 Å². The number of hydrogen-bond acceptors (Lipinski definition) is 7. The van der Waals surface area contributed by atoms with Gasteiger partial charge in [0.1, 0.15) is 42.1 Å². The number of amides is 1. The first-order valence-electron chi connectivity index (χ1n) is 7.97. The summed E-state index contributed by atoms with van der Waals surface area (Å²) in [7, 11) is 0. The van der Waals surface area contributed by atoms with E-state index in [1.807, 2.05) is 24.3 Å². The van der Waals surface area contributed by atoms with Crippen LogP contribution < -0.4 is 15.4 Å². The molecule has 0 saturated carbocycles. The van der Waals surface area contributed by atoms with Gasteiger partial charge in [-0.15, -0.1) is 0 Å². The van der Waals surface area contributed by atoms with Crippen LogP contribution in [0.25, 0.3) is 10.9 Å². The molecular formula is C17H15ClN4O4. The molecule has 3 heterocycles. The van der Waals surface area contributed by atoms with E-state index in [1.54, 1.807) is 12.3 Å². The van der Waals surface area contributed by atoms with Crippen LogP contribution in [0, 0.1) is 0 Å². The summed E-state index contributed by atoms with van der Waals surface area (Å²) in [6.45, 7) is 1.00. The number of alkyl carbamates (subject to hydrolysis) is 1. The van der Waals surface area contributed by atoms with Gasteiger partial charge in [0.05, 0.1) is 12.8 Å². The third-order valence-corrected chi connectivity index (χ3v) is 4.02. The maximum absolute atomic E-state index is 11.1. The van der Waals surface area contributed by atoms with Crippen molar-refractivity contribution in [3.8, 4) is 5.75 Å². The fourth-order valence-corrected chi connectivity index (χ4v) is 2.81. The van der Waals surface area contributed by atoms with Gasteiger partial charge in [0.25, 0.3) is 0 Å². The minimum Gasteiger partial charge on any atom is -0.489 e. The van der Waals surface area contributed by atoms with Gasteiger partial charge < -0.3 is 24.5 Å². The molecule has 4 rings (SSSR count). The lowest BCUT2D eigenvalue weighted by Crippen LogP contribution is -2.32. The fraction of sp³-hybridized carbons (Fsp3) is 0.235. The zero-order valence-electron chi connectivity index (χ0n) is 13.6. The van der Waals surface area contributed by atoms with Crippen LogP contribution in [0.4, 0.5) is 10.6 Å². The van der Waals surface area contributed by atoms with E-state index in [9.17, 15) is 4.79 Å². The van der Waals surface area contributed by atoms with E-state index in [0.29, 0.717) is 23.6 Å². The highest BCUT2D eigenvalue weighted by Crippen LogP contribution is 2.30. The summed E-state index contributed by atoms with van der Waals surface area (Å²) in [5.74, 6) is 1.91. The monoisotopic (exact) mass is 374 g/mol. The van der Waals surface area contributed by atoms with E-state index in [4.69, 9.17) is 25.5 Å². The van der Waals surface area contributed by atoms with Crippen LogP contribution in [0.15, 0.2) is 41.0 Å². The van der Waals surface area contributed by atoms with Crippen molar-refractivity contribution in [2.75, 3.05) is 18.5 Å². The van der Waals surface area contributed by atoms with Crippen molar-refractivity contribution < 1.29 is 18.7 Å².